The van der Waals surface area contributed by atoms with Gasteiger partial charge in [-0.05, 0) is 36.8 Å². The minimum Gasteiger partial charge on any atom is -0.351 e. The van der Waals surface area contributed by atoms with Crippen LogP contribution in [0.2, 0.25) is 0 Å². The SMILES string of the molecule is CSc1ccccc1C(=O)NCC1(c2ccccc2)CCCC1. The molecule has 1 aliphatic rings. The summed E-state index contributed by atoms with van der Waals surface area (Å²) < 4.78 is 0. The largest absolute Gasteiger partial charge is 0.351 e. The lowest BCUT2D eigenvalue weighted by Gasteiger charge is -2.30. The van der Waals surface area contributed by atoms with Crippen LogP contribution in [0.3, 0.4) is 0 Å². The van der Waals surface area contributed by atoms with E-state index in [-0.39, 0.29) is 11.3 Å². The minimum absolute atomic E-state index is 0.0390. The van der Waals surface area contributed by atoms with Crippen LogP contribution >= 0.6 is 11.8 Å². The molecule has 1 N–H and O–H groups in total. The molecular weight excluding hydrogens is 302 g/mol. The van der Waals surface area contributed by atoms with Gasteiger partial charge in [-0.15, -0.1) is 11.8 Å². The number of rotatable bonds is 5. The molecule has 1 aliphatic carbocycles. The van der Waals surface area contributed by atoms with Crippen LogP contribution in [0.15, 0.2) is 59.5 Å². The molecule has 0 saturated heterocycles. The molecule has 0 aromatic heterocycles. The van der Waals surface area contributed by atoms with E-state index in [1.54, 1.807) is 11.8 Å². The standard InChI is InChI=1S/C20H23NOS/c1-23-18-12-6-5-11-17(18)19(22)21-15-20(13-7-8-14-20)16-9-3-2-4-10-16/h2-6,9-12H,7-8,13-15H2,1H3,(H,21,22). The summed E-state index contributed by atoms with van der Waals surface area (Å²) in [5, 5.41) is 3.20. The van der Waals surface area contributed by atoms with Crippen molar-refractivity contribution >= 4 is 17.7 Å². The van der Waals surface area contributed by atoms with E-state index in [0.29, 0.717) is 0 Å². The van der Waals surface area contributed by atoms with Crippen LogP contribution in [0.5, 0.6) is 0 Å². The number of carbonyl (C=O) groups is 1. The first-order chi connectivity index (χ1) is 11.2. The van der Waals surface area contributed by atoms with E-state index in [1.165, 1.54) is 18.4 Å². The summed E-state index contributed by atoms with van der Waals surface area (Å²) in [4.78, 5) is 13.7. The van der Waals surface area contributed by atoms with Gasteiger partial charge in [-0.25, -0.2) is 0 Å². The molecule has 120 valence electrons. The summed E-state index contributed by atoms with van der Waals surface area (Å²) in [6.45, 7) is 0.721. The zero-order chi connectivity index (χ0) is 16.1. The summed E-state index contributed by atoms with van der Waals surface area (Å²) in [5.74, 6) is 0.0390. The predicted molar refractivity (Wildman–Crippen MR) is 97.1 cm³/mol. The van der Waals surface area contributed by atoms with E-state index in [4.69, 9.17) is 0 Å². The molecule has 1 fully saturated rings. The average molecular weight is 325 g/mol. The molecule has 0 heterocycles. The van der Waals surface area contributed by atoms with Gasteiger partial charge >= 0.3 is 0 Å². The van der Waals surface area contributed by atoms with Gasteiger partial charge in [-0.3, -0.25) is 4.79 Å². The highest BCUT2D eigenvalue weighted by Gasteiger charge is 2.35. The monoisotopic (exact) mass is 325 g/mol. The number of nitrogens with one attached hydrogen (secondary N) is 1. The number of hydrogen-bond acceptors (Lipinski definition) is 2. The fourth-order valence-corrected chi connectivity index (χ4v) is 4.18. The van der Waals surface area contributed by atoms with Crippen molar-refractivity contribution in [3.63, 3.8) is 0 Å². The van der Waals surface area contributed by atoms with Crippen molar-refractivity contribution in [2.24, 2.45) is 0 Å². The maximum atomic E-state index is 12.6. The molecule has 23 heavy (non-hydrogen) atoms. The van der Waals surface area contributed by atoms with Crippen LogP contribution in [0, 0.1) is 0 Å². The zero-order valence-electron chi connectivity index (χ0n) is 13.5. The van der Waals surface area contributed by atoms with Gasteiger partial charge in [-0.1, -0.05) is 55.3 Å². The number of hydrogen-bond donors (Lipinski definition) is 1. The lowest BCUT2D eigenvalue weighted by atomic mass is 9.79. The molecule has 0 bridgehead atoms. The quantitative estimate of drug-likeness (QED) is 0.811. The van der Waals surface area contributed by atoms with Crippen molar-refractivity contribution in [2.45, 2.75) is 36.0 Å². The molecule has 0 radical (unpaired) electrons. The van der Waals surface area contributed by atoms with Gasteiger partial charge in [0, 0.05) is 16.9 Å². The van der Waals surface area contributed by atoms with Crippen molar-refractivity contribution < 1.29 is 4.79 Å². The molecule has 0 spiro atoms. The van der Waals surface area contributed by atoms with Crippen molar-refractivity contribution in [1.29, 1.82) is 0 Å². The molecule has 2 aromatic rings. The Hall–Kier alpha value is -1.74. The zero-order valence-corrected chi connectivity index (χ0v) is 14.4. The molecule has 1 saturated carbocycles. The molecule has 1 amide bonds. The first-order valence-electron chi connectivity index (χ1n) is 8.22. The summed E-state index contributed by atoms with van der Waals surface area (Å²) in [5.41, 5.74) is 2.24. The Morgan fingerprint density at radius 3 is 2.39 bits per heavy atom. The average Bonchev–Trinajstić information content (AvgIpc) is 3.10. The van der Waals surface area contributed by atoms with Gasteiger partial charge in [0.2, 0.25) is 0 Å². The van der Waals surface area contributed by atoms with Gasteiger partial charge in [0.1, 0.15) is 0 Å². The Morgan fingerprint density at radius 2 is 1.70 bits per heavy atom. The second kappa shape index (κ2) is 7.22. The number of benzene rings is 2. The fourth-order valence-electron chi connectivity index (χ4n) is 3.59. The smallest absolute Gasteiger partial charge is 0.252 e. The molecule has 0 unspecified atom stereocenters. The van der Waals surface area contributed by atoms with E-state index in [9.17, 15) is 4.79 Å². The van der Waals surface area contributed by atoms with E-state index >= 15 is 0 Å². The van der Waals surface area contributed by atoms with Gasteiger partial charge in [0.25, 0.3) is 5.91 Å². The van der Waals surface area contributed by atoms with Crippen LogP contribution in [0.1, 0.15) is 41.6 Å². The van der Waals surface area contributed by atoms with Crippen molar-refractivity contribution in [2.75, 3.05) is 12.8 Å². The van der Waals surface area contributed by atoms with Gasteiger partial charge < -0.3 is 5.32 Å². The maximum absolute atomic E-state index is 12.6. The summed E-state index contributed by atoms with van der Waals surface area (Å²) in [7, 11) is 0. The van der Waals surface area contributed by atoms with Crippen molar-refractivity contribution in [1.82, 2.24) is 5.32 Å². The lowest BCUT2D eigenvalue weighted by molar-refractivity contribution is 0.0940. The number of amides is 1. The Labute approximate surface area is 142 Å². The Balaban J connectivity index is 1.76. The molecular formula is C20H23NOS. The van der Waals surface area contributed by atoms with Gasteiger partial charge in [-0.2, -0.15) is 0 Å². The van der Waals surface area contributed by atoms with E-state index in [1.807, 2.05) is 30.5 Å². The van der Waals surface area contributed by atoms with Crippen LogP contribution < -0.4 is 5.32 Å². The van der Waals surface area contributed by atoms with Crippen molar-refractivity contribution in [3.8, 4) is 0 Å². The Morgan fingerprint density at radius 1 is 1.04 bits per heavy atom. The topological polar surface area (TPSA) is 29.1 Å². The van der Waals surface area contributed by atoms with Gasteiger partial charge in [0.15, 0.2) is 0 Å². The highest BCUT2D eigenvalue weighted by molar-refractivity contribution is 7.98. The fraction of sp³-hybridized carbons (Fsp3) is 0.350. The van der Waals surface area contributed by atoms with E-state index < -0.39 is 0 Å². The summed E-state index contributed by atoms with van der Waals surface area (Å²) in [6, 6.07) is 18.5. The predicted octanol–water partition coefficient (Wildman–Crippen LogP) is 4.65. The van der Waals surface area contributed by atoms with Crippen LogP contribution in [0.25, 0.3) is 0 Å². The second-order valence-electron chi connectivity index (χ2n) is 6.24. The molecule has 3 rings (SSSR count). The van der Waals surface area contributed by atoms with Gasteiger partial charge in [0.05, 0.1) is 5.56 Å². The number of carbonyl (C=O) groups excluding carboxylic acids is 1. The normalized spacial score (nSPS) is 16.2. The van der Waals surface area contributed by atoms with Crippen LogP contribution in [-0.4, -0.2) is 18.7 Å². The third-order valence-electron chi connectivity index (χ3n) is 4.89. The molecule has 0 aliphatic heterocycles. The third kappa shape index (κ3) is 3.45. The highest BCUT2D eigenvalue weighted by atomic mass is 32.2. The molecule has 2 nitrogen and oxygen atoms in total. The summed E-state index contributed by atoms with van der Waals surface area (Å²) in [6.07, 6.45) is 6.80. The third-order valence-corrected chi connectivity index (χ3v) is 5.68. The first-order valence-corrected chi connectivity index (χ1v) is 9.44. The molecule has 3 heteroatoms. The Kier molecular flexibility index (Phi) is 5.06. The van der Waals surface area contributed by atoms with Crippen molar-refractivity contribution in [3.05, 3.63) is 65.7 Å². The second-order valence-corrected chi connectivity index (χ2v) is 7.08. The molecule has 2 aromatic carbocycles. The highest BCUT2D eigenvalue weighted by Crippen LogP contribution is 2.40. The lowest BCUT2D eigenvalue weighted by Crippen LogP contribution is -2.39. The number of thioether (sulfide) groups is 1. The van der Waals surface area contributed by atoms with Crippen LogP contribution in [0.4, 0.5) is 0 Å². The maximum Gasteiger partial charge on any atom is 0.252 e. The Bertz CT molecular complexity index is 662. The van der Waals surface area contributed by atoms with E-state index in [2.05, 4.69) is 35.6 Å². The minimum atomic E-state index is 0.0390. The molecule has 0 atom stereocenters. The summed E-state index contributed by atoms with van der Waals surface area (Å²) >= 11 is 1.62. The van der Waals surface area contributed by atoms with Crippen LogP contribution in [-0.2, 0) is 5.41 Å². The van der Waals surface area contributed by atoms with E-state index in [0.717, 1.165) is 29.8 Å². The first kappa shape index (κ1) is 16.1.